The van der Waals surface area contributed by atoms with Crippen LogP contribution in [0.5, 0.6) is 5.75 Å². The zero-order valence-electron chi connectivity index (χ0n) is 14.9. The third-order valence-electron chi connectivity index (χ3n) is 4.82. The molecule has 0 saturated heterocycles. The number of nitrogens with zero attached hydrogens (tertiary/aromatic N) is 2. The number of methoxy groups -OCH3 is 1. The summed E-state index contributed by atoms with van der Waals surface area (Å²) in [5, 5.41) is 9.59. The molecule has 1 atom stereocenters. The number of ether oxygens (including phenoxy) is 1. The van der Waals surface area contributed by atoms with Crippen LogP contribution in [0.4, 0.5) is 5.69 Å². The lowest BCUT2D eigenvalue weighted by Crippen LogP contribution is -2.31. The number of fused-ring (bicyclic) bond motifs is 1. The molecule has 0 spiro atoms. The Balaban J connectivity index is 2.01. The lowest BCUT2D eigenvalue weighted by molar-refractivity contribution is 0.414. The van der Waals surface area contributed by atoms with Gasteiger partial charge in [-0.2, -0.15) is 5.26 Å². The van der Waals surface area contributed by atoms with Gasteiger partial charge in [-0.05, 0) is 53.3 Å². The van der Waals surface area contributed by atoms with Gasteiger partial charge in [-0.25, -0.2) is 0 Å². The van der Waals surface area contributed by atoms with Crippen molar-refractivity contribution < 1.29 is 4.74 Å². The van der Waals surface area contributed by atoms with E-state index in [1.54, 1.807) is 7.11 Å². The molecule has 0 bridgehead atoms. The third kappa shape index (κ3) is 3.67. The average Bonchev–Trinajstić information content (AvgIpc) is 2.61. The Kier molecular flexibility index (Phi) is 5.34. The van der Waals surface area contributed by atoms with Crippen molar-refractivity contribution >= 4 is 21.6 Å². The molecular formula is C21H23BrN2O. The van der Waals surface area contributed by atoms with E-state index in [1.807, 2.05) is 12.1 Å². The van der Waals surface area contributed by atoms with E-state index in [1.165, 1.54) is 16.8 Å². The quantitative estimate of drug-likeness (QED) is 0.672. The number of nitriles is 1. The molecule has 0 amide bonds. The molecule has 0 aliphatic carbocycles. The summed E-state index contributed by atoms with van der Waals surface area (Å²) in [6.45, 7) is 6.17. The zero-order chi connectivity index (χ0) is 18.0. The molecule has 1 heterocycles. The van der Waals surface area contributed by atoms with Crippen LogP contribution < -0.4 is 9.64 Å². The molecular weight excluding hydrogens is 376 g/mol. The van der Waals surface area contributed by atoms with Crippen LogP contribution in [0.25, 0.3) is 0 Å². The van der Waals surface area contributed by atoms with E-state index in [0.717, 1.165) is 35.3 Å². The maximum atomic E-state index is 9.59. The molecule has 3 rings (SSSR count). The van der Waals surface area contributed by atoms with Crippen LogP contribution in [0.1, 0.15) is 48.8 Å². The van der Waals surface area contributed by atoms with Gasteiger partial charge in [0.05, 0.1) is 19.1 Å². The number of benzene rings is 2. The van der Waals surface area contributed by atoms with E-state index in [0.29, 0.717) is 5.92 Å². The van der Waals surface area contributed by atoms with Crippen LogP contribution in [-0.4, -0.2) is 13.7 Å². The lowest BCUT2D eigenvalue weighted by atomic mass is 9.86. The molecule has 1 aliphatic rings. The van der Waals surface area contributed by atoms with Crippen LogP contribution in [0.3, 0.4) is 0 Å². The fourth-order valence-electron chi connectivity index (χ4n) is 3.51. The fourth-order valence-corrected chi connectivity index (χ4v) is 4.00. The smallest absolute Gasteiger partial charge is 0.118 e. The molecule has 0 aromatic heterocycles. The molecule has 1 unspecified atom stereocenters. The lowest BCUT2D eigenvalue weighted by Gasteiger charge is -2.36. The summed E-state index contributed by atoms with van der Waals surface area (Å²) < 4.78 is 6.31. The summed E-state index contributed by atoms with van der Waals surface area (Å²) >= 11 is 3.63. The summed E-state index contributed by atoms with van der Waals surface area (Å²) in [4.78, 5) is 2.42. The van der Waals surface area contributed by atoms with Gasteiger partial charge in [-0.15, -0.1) is 0 Å². The zero-order valence-corrected chi connectivity index (χ0v) is 16.5. The van der Waals surface area contributed by atoms with E-state index >= 15 is 0 Å². The number of rotatable bonds is 4. The number of hydrogen-bond acceptors (Lipinski definition) is 3. The van der Waals surface area contributed by atoms with Crippen molar-refractivity contribution in [3.8, 4) is 11.8 Å². The Hall–Kier alpha value is -1.99. The van der Waals surface area contributed by atoms with Gasteiger partial charge in [0.1, 0.15) is 5.75 Å². The first-order chi connectivity index (χ1) is 12.0. The molecule has 3 nitrogen and oxygen atoms in total. The van der Waals surface area contributed by atoms with E-state index in [9.17, 15) is 5.26 Å². The van der Waals surface area contributed by atoms with Crippen LogP contribution >= 0.6 is 15.9 Å². The minimum atomic E-state index is -0.0304. The third-order valence-corrected chi connectivity index (χ3v) is 5.28. The molecule has 0 radical (unpaired) electrons. The first kappa shape index (κ1) is 17.8. The highest BCUT2D eigenvalue weighted by atomic mass is 79.9. The second kappa shape index (κ2) is 7.49. The minimum absolute atomic E-state index is 0.0304. The van der Waals surface area contributed by atoms with Gasteiger partial charge in [-0.3, -0.25) is 0 Å². The first-order valence-electron chi connectivity index (χ1n) is 8.64. The van der Waals surface area contributed by atoms with E-state index in [-0.39, 0.29) is 5.92 Å². The van der Waals surface area contributed by atoms with Gasteiger partial charge < -0.3 is 9.64 Å². The second-order valence-corrected chi connectivity index (χ2v) is 7.74. The molecule has 1 aliphatic heterocycles. The van der Waals surface area contributed by atoms with Crippen LogP contribution in [0.2, 0.25) is 0 Å². The summed E-state index contributed by atoms with van der Waals surface area (Å²) in [5.74, 6) is 1.25. The molecule has 2 aromatic carbocycles. The SMILES string of the molecule is COc1ccc(CN2CCC(C#N)c3cc(Br)cc(C(C)C)c32)cc1. The molecule has 130 valence electrons. The standard InChI is InChI=1S/C21H23BrN2O/c1-14(2)19-10-17(22)11-20-16(12-23)8-9-24(21(19)20)13-15-4-6-18(25-3)7-5-15/h4-7,10-11,14,16H,8-9,13H2,1-3H3. The molecule has 4 heteroatoms. The summed E-state index contributed by atoms with van der Waals surface area (Å²) in [5.41, 5.74) is 4.95. The van der Waals surface area contributed by atoms with Crippen molar-refractivity contribution in [2.75, 3.05) is 18.6 Å². The largest absolute Gasteiger partial charge is 0.497 e. The van der Waals surface area contributed by atoms with Gasteiger partial charge in [0, 0.05) is 23.2 Å². The summed E-state index contributed by atoms with van der Waals surface area (Å²) in [6, 6.07) is 15.0. The first-order valence-corrected chi connectivity index (χ1v) is 9.43. The second-order valence-electron chi connectivity index (χ2n) is 6.83. The monoisotopic (exact) mass is 398 g/mol. The van der Waals surface area contributed by atoms with Gasteiger partial charge in [0.15, 0.2) is 0 Å². The summed E-state index contributed by atoms with van der Waals surface area (Å²) in [7, 11) is 1.69. The van der Waals surface area contributed by atoms with E-state index in [4.69, 9.17) is 4.74 Å². The van der Waals surface area contributed by atoms with Crippen molar-refractivity contribution in [2.45, 2.75) is 38.6 Å². The fraction of sp³-hybridized carbons (Fsp3) is 0.381. The van der Waals surface area contributed by atoms with Crippen molar-refractivity contribution in [2.24, 2.45) is 0 Å². The number of anilines is 1. The molecule has 0 saturated carbocycles. The maximum Gasteiger partial charge on any atom is 0.118 e. The Morgan fingerprint density at radius 3 is 2.60 bits per heavy atom. The highest BCUT2D eigenvalue weighted by Crippen LogP contribution is 2.42. The molecule has 0 fully saturated rings. The van der Waals surface area contributed by atoms with Crippen molar-refractivity contribution in [1.82, 2.24) is 0 Å². The predicted octanol–water partition coefficient (Wildman–Crippen LogP) is 5.60. The van der Waals surface area contributed by atoms with Crippen molar-refractivity contribution in [3.05, 3.63) is 57.6 Å². The van der Waals surface area contributed by atoms with Gasteiger partial charge >= 0.3 is 0 Å². The molecule has 2 aromatic rings. The summed E-state index contributed by atoms with van der Waals surface area (Å²) in [6.07, 6.45) is 0.869. The van der Waals surface area contributed by atoms with Gasteiger partial charge in [0.2, 0.25) is 0 Å². The topological polar surface area (TPSA) is 36.3 Å². The Morgan fingerprint density at radius 2 is 2.00 bits per heavy atom. The highest BCUT2D eigenvalue weighted by molar-refractivity contribution is 9.10. The van der Waals surface area contributed by atoms with Gasteiger partial charge in [0.25, 0.3) is 0 Å². The number of hydrogen-bond donors (Lipinski definition) is 0. The average molecular weight is 399 g/mol. The predicted molar refractivity (Wildman–Crippen MR) is 105 cm³/mol. The van der Waals surface area contributed by atoms with Crippen molar-refractivity contribution in [3.63, 3.8) is 0 Å². The normalized spacial score (nSPS) is 16.5. The van der Waals surface area contributed by atoms with E-state index in [2.05, 4.69) is 65.0 Å². The Morgan fingerprint density at radius 1 is 1.28 bits per heavy atom. The van der Waals surface area contributed by atoms with Crippen LogP contribution in [-0.2, 0) is 6.54 Å². The van der Waals surface area contributed by atoms with Crippen molar-refractivity contribution in [1.29, 1.82) is 5.26 Å². The van der Waals surface area contributed by atoms with E-state index < -0.39 is 0 Å². The molecule has 25 heavy (non-hydrogen) atoms. The Labute approximate surface area is 158 Å². The maximum absolute atomic E-state index is 9.59. The minimum Gasteiger partial charge on any atom is -0.497 e. The molecule has 0 N–H and O–H groups in total. The van der Waals surface area contributed by atoms with Gasteiger partial charge in [-0.1, -0.05) is 41.9 Å². The Bertz CT molecular complexity index is 793. The van der Waals surface area contributed by atoms with Crippen LogP contribution in [0, 0.1) is 11.3 Å². The highest BCUT2D eigenvalue weighted by Gasteiger charge is 2.28. The number of halogens is 1. The van der Waals surface area contributed by atoms with Crippen LogP contribution in [0.15, 0.2) is 40.9 Å².